The van der Waals surface area contributed by atoms with Crippen molar-refractivity contribution in [2.75, 3.05) is 27.4 Å². The highest BCUT2D eigenvalue weighted by Crippen LogP contribution is 2.55. The van der Waals surface area contributed by atoms with Crippen molar-refractivity contribution in [3.8, 4) is 0 Å². The smallest absolute Gasteiger partial charge is 0.404 e. The third-order valence-electron chi connectivity index (χ3n) is 5.21. The molecule has 4 rings (SSSR count). The maximum atomic E-state index is 12.8. The van der Waals surface area contributed by atoms with E-state index in [9.17, 15) is 14.4 Å². The number of carbonyl (C=O) groups is 3. The first-order valence-electron chi connectivity index (χ1n) is 7.55. The van der Waals surface area contributed by atoms with E-state index in [2.05, 4.69) is 5.32 Å². The maximum absolute atomic E-state index is 12.8. The molecule has 1 amide bonds. The molecule has 0 aromatic rings. The first-order valence-corrected chi connectivity index (χ1v) is 7.55. The molecule has 3 N–H and O–H groups in total. The van der Waals surface area contributed by atoms with Gasteiger partial charge in [0.05, 0.1) is 24.8 Å². The summed E-state index contributed by atoms with van der Waals surface area (Å²) in [5.74, 6) is -1.38. The van der Waals surface area contributed by atoms with E-state index in [1.807, 2.05) is 4.90 Å². The van der Waals surface area contributed by atoms with Crippen LogP contribution in [0.4, 0.5) is 4.79 Å². The number of nitrogens with one attached hydrogen (secondary N) is 1. The fraction of sp³-hybridized carbons (Fsp3) is 0.533. The van der Waals surface area contributed by atoms with Crippen molar-refractivity contribution in [2.24, 2.45) is 11.7 Å². The second-order valence-corrected chi connectivity index (χ2v) is 6.17. The van der Waals surface area contributed by atoms with Crippen LogP contribution in [0.5, 0.6) is 0 Å². The molecule has 3 heterocycles. The van der Waals surface area contributed by atoms with Crippen LogP contribution in [0.3, 0.4) is 0 Å². The highest BCUT2D eigenvalue weighted by molar-refractivity contribution is 6.22. The number of ketones is 2. The Balaban J connectivity index is 1.82. The van der Waals surface area contributed by atoms with Gasteiger partial charge in [-0.2, -0.15) is 0 Å². The van der Waals surface area contributed by atoms with Gasteiger partial charge in [-0.3, -0.25) is 9.59 Å². The van der Waals surface area contributed by atoms with E-state index in [1.165, 1.54) is 20.3 Å². The standard InChI is InChI=1S/C15H17N3O6/c1-22-9-3-8(19)11-10(12(9)20)6(5-24-14(16)21)15(23-2)13-7(17-13)4-18(11)15/h3,6-7,13,17H,4-5H2,1-2H3,(H2,16,21)/t6-,7+,13+,15-/m1/s1. The maximum Gasteiger partial charge on any atom is 0.404 e. The zero-order valence-electron chi connectivity index (χ0n) is 13.2. The average Bonchev–Trinajstić information content (AvgIpc) is 3.15. The Bertz CT molecular complexity index is 729. The van der Waals surface area contributed by atoms with Gasteiger partial charge in [0.2, 0.25) is 11.6 Å². The first-order chi connectivity index (χ1) is 11.5. The van der Waals surface area contributed by atoms with Gasteiger partial charge in [0, 0.05) is 31.3 Å². The molecule has 128 valence electrons. The lowest BCUT2D eigenvalue weighted by atomic mass is 9.84. The Labute approximate surface area is 137 Å². The monoisotopic (exact) mass is 335 g/mol. The Morgan fingerprint density at radius 3 is 2.83 bits per heavy atom. The number of hydrogen-bond acceptors (Lipinski definition) is 8. The summed E-state index contributed by atoms with van der Waals surface area (Å²) in [6.45, 7) is 0.388. The van der Waals surface area contributed by atoms with Crippen molar-refractivity contribution in [1.82, 2.24) is 10.2 Å². The van der Waals surface area contributed by atoms with Crippen LogP contribution in [0.15, 0.2) is 23.1 Å². The summed E-state index contributed by atoms with van der Waals surface area (Å²) in [6.07, 6.45) is 0.244. The summed E-state index contributed by atoms with van der Waals surface area (Å²) in [5.41, 5.74) is 4.69. The number of Topliss-reactive ketones (excluding diaryl/α,β-unsaturated/α-hetero) is 1. The molecule has 1 aliphatic carbocycles. The van der Waals surface area contributed by atoms with E-state index in [1.54, 1.807) is 0 Å². The lowest BCUT2D eigenvalue weighted by molar-refractivity contribution is -0.137. The van der Waals surface area contributed by atoms with Crippen LogP contribution >= 0.6 is 0 Å². The molecule has 4 aliphatic rings. The Hall–Kier alpha value is -2.39. The van der Waals surface area contributed by atoms with Crippen molar-refractivity contribution < 1.29 is 28.6 Å². The number of carbonyl (C=O) groups excluding carboxylic acids is 3. The van der Waals surface area contributed by atoms with Gasteiger partial charge >= 0.3 is 6.09 Å². The molecule has 0 spiro atoms. The number of piperazine rings is 1. The minimum absolute atomic E-state index is 0.0319. The Morgan fingerprint density at radius 2 is 2.21 bits per heavy atom. The molecule has 24 heavy (non-hydrogen) atoms. The molecule has 0 aromatic heterocycles. The van der Waals surface area contributed by atoms with E-state index in [-0.39, 0.29) is 35.8 Å². The summed E-state index contributed by atoms with van der Waals surface area (Å²) in [4.78, 5) is 38.2. The van der Waals surface area contributed by atoms with Crippen molar-refractivity contribution in [1.29, 1.82) is 0 Å². The second-order valence-electron chi connectivity index (χ2n) is 6.17. The fourth-order valence-corrected chi connectivity index (χ4v) is 4.25. The average molecular weight is 335 g/mol. The number of methoxy groups -OCH3 is 2. The van der Waals surface area contributed by atoms with Crippen LogP contribution in [0.25, 0.3) is 0 Å². The molecule has 2 fully saturated rings. The lowest BCUT2D eigenvalue weighted by Crippen LogP contribution is -2.55. The number of primary amides is 1. The van der Waals surface area contributed by atoms with Crippen molar-refractivity contribution in [3.05, 3.63) is 23.1 Å². The second kappa shape index (κ2) is 4.81. The van der Waals surface area contributed by atoms with Crippen molar-refractivity contribution >= 4 is 17.7 Å². The van der Waals surface area contributed by atoms with Gasteiger partial charge in [0.25, 0.3) is 0 Å². The number of hydrogen-bond donors (Lipinski definition) is 2. The van der Waals surface area contributed by atoms with Crippen LogP contribution in [0, 0.1) is 5.92 Å². The van der Waals surface area contributed by atoms with Crippen molar-refractivity contribution in [3.63, 3.8) is 0 Å². The summed E-state index contributed by atoms with van der Waals surface area (Å²) < 4.78 is 15.8. The van der Waals surface area contributed by atoms with E-state index in [4.69, 9.17) is 19.9 Å². The van der Waals surface area contributed by atoms with Gasteiger partial charge in [-0.05, 0) is 0 Å². The predicted octanol–water partition coefficient (Wildman–Crippen LogP) is -1.35. The lowest BCUT2D eigenvalue weighted by Gasteiger charge is -2.39. The molecule has 0 unspecified atom stereocenters. The van der Waals surface area contributed by atoms with E-state index in [0.717, 1.165) is 0 Å². The minimum atomic E-state index is -0.951. The van der Waals surface area contributed by atoms with Gasteiger partial charge < -0.3 is 30.2 Å². The Morgan fingerprint density at radius 1 is 1.46 bits per heavy atom. The highest BCUT2D eigenvalue weighted by Gasteiger charge is 2.72. The SMILES string of the molecule is COC1=CC(=O)C2=C(C1=O)[C@@H](COC(N)=O)[C@@]1(OC)[C@H]3N[C@H]3CN21. The minimum Gasteiger partial charge on any atom is -0.493 e. The molecule has 0 radical (unpaired) electrons. The van der Waals surface area contributed by atoms with E-state index < -0.39 is 23.5 Å². The third kappa shape index (κ3) is 1.68. The molecule has 9 nitrogen and oxygen atoms in total. The summed E-state index contributed by atoms with van der Waals surface area (Å²) in [5, 5.41) is 3.28. The zero-order valence-corrected chi connectivity index (χ0v) is 13.2. The molecule has 9 heteroatoms. The van der Waals surface area contributed by atoms with Crippen molar-refractivity contribution in [2.45, 2.75) is 17.8 Å². The van der Waals surface area contributed by atoms with Gasteiger partial charge in [-0.15, -0.1) is 0 Å². The van der Waals surface area contributed by atoms with Crippen LogP contribution in [0.2, 0.25) is 0 Å². The molecule has 0 aromatic carbocycles. The van der Waals surface area contributed by atoms with Gasteiger partial charge in [0.1, 0.15) is 6.61 Å². The first kappa shape index (κ1) is 15.2. The molecule has 2 saturated heterocycles. The summed E-state index contributed by atoms with van der Waals surface area (Å²) in [6, 6.07) is 0.118. The number of nitrogens with zero attached hydrogens (tertiary/aromatic N) is 1. The van der Waals surface area contributed by atoms with Crippen LogP contribution in [-0.4, -0.2) is 67.7 Å². The molecule has 0 saturated carbocycles. The summed E-state index contributed by atoms with van der Waals surface area (Å²) in [7, 11) is 2.85. The van der Waals surface area contributed by atoms with Crippen LogP contribution < -0.4 is 11.1 Å². The topological polar surface area (TPSA) is 130 Å². The number of fused-ring (bicyclic) bond motifs is 4. The largest absolute Gasteiger partial charge is 0.493 e. The molecular weight excluding hydrogens is 318 g/mol. The normalized spacial score (nSPS) is 36.2. The number of nitrogens with two attached hydrogens (primary N) is 1. The fourth-order valence-electron chi connectivity index (χ4n) is 4.25. The zero-order chi connectivity index (χ0) is 17.2. The quantitative estimate of drug-likeness (QED) is 0.476. The molecule has 3 aliphatic heterocycles. The number of rotatable bonds is 4. The summed E-state index contributed by atoms with van der Waals surface area (Å²) >= 11 is 0. The molecule has 4 atom stereocenters. The number of allylic oxidation sites excluding steroid dienone is 2. The van der Waals surface area contributed by atoms with Gasteiger partial charge in [0.15, 0.2) is 11.5 Å². The highest BCUT2D eigenvalue weighted by atomic mass is 16.6. The number of ether oxygens (including phenoxy) is 3. The molecule has 0 bridgehead atoms. The van der Waals surface area contributed by atoms with Gasteiger partial charge in [-0.1, -0.05) is 0 Å². The molecular formula is C15H17N3O6. The van der Waals surface area contributed by atoms with Crippen LogP contribution in [0.1, 0.15) is 0 Å². The third-order valence-corrected chi connectivity index (χ3v) is 5.21. The van der Waals surface area contributed by atoms with Crippen LogP contribution in [-0.2, 0) is 23.8 Å². The van der Waals surface area contributed by atoms with Gasteiger partial charge in [-0.25, -0.2) is 4.79 Å². The number of amides is 1. The van der Waals surface area contributed by atoms with E-state index in [0.29, 0.717) is 12.2 Å². The predicted molar refractivity (Wildman–Crippen MR) is 78.3 cm³/mol. The van der Waals surface area contributed by atoms with E-state index >= 15 is 0 Å². The Kier molecular flexibility index (Phi) is 3.03.